The zero-order chi connectivity index (χ0) is 29.6. The number of unbranched alkanes of at least 4 members (excludes halogenated alkanes) is 1. The number of aliphatic hydroxyl groups excluding tert-OH is 1. The molecule has 2 aromatic rings. The van der Waals surface area contributed by atoms with Crippen molar-refractivity contribution in [3.8, 4) is 5.75 Å². The molecule has 1 amide bonds. The van der Waals surface area contributed by atoms with Crippen molar-refractivity contribution in [2.24, 2.45) is 0 Å². The van der Waals surface area contributed by atoms with Crippen molar-refractivity contribution in [1.82, 2.24) is 14.7 Å². The Kier molecular flexibility index (Phi) is 14.1. The minimum atomic E-state index is -0.0268. The molecule has 0 radical (unpaired) electrons. The summed E-state index contributed by atoms with van der Waals surface area (Å²) >= 11 is 6.08. The van der Waals surface area contributed by atoms with Crippen LogP contribution in [-0.4, -0.2) is 70.0 Å². The van der Waals surface area contributed by atoms with Gasteiger partial charge in [-0.2, -0.15) is 5.10 Å². The van der Waals surface area contributed by atoms with Crippen molar-refractivity contribution >= 4 is 23.3 Å². The number of likely N-dealkylation sites (tertiary alicyclic amines) is 1. The number of piperidine rings is 1. The van der Waals surface area contributed by atoms with E-state index in [2.05, 4.69) is 18.9 Å². The van der Waals surface area contributed by atoms with Crippen molar-refractivity contribution in [1.29, 1.82) is 0 Å². The fourth-order valence-electron chi connectivity index (χ4n) is 5.51. The van der Waals surface area contributed by atoms with Crippen molar-refractivity contribution in [2.75, 3.05) is 26.3 Å². The van der Waals surface area contributed by atoms with Crippen LogP contribution in [0.15, 0.2) is 24.3 Å². The smallest absolute Gasteiger partial charge is 0.274 e. The second kappa shape index (κ2) is 17.5. The van der Waals surface area contributed by atoms with E-state index >= 15 is 0 Å². The summed E-state index contributed by atoms with van der Waals surface area (Å²) < 4.78 is 13.3. The first-order valence-corrected chi connectivity index (χ1v) is 15.8. The van der Waals surface area contributed by atoms with E-state index in [1.807, 2.05) is 29.2 Å². The van der Waals surface area contributed by atoms with E-state index < -0.39 is 0 Å². The van der Waals surface area contributed by atoms with Crippen LogP contribution in [0.3, 0.4) is 0 Å². The summed E-state index contributed by atoms with van der Waals surface area (Å²) in [6.07, 6.45) is 11.7. The topological polar surface area (TPSA) is 93.9 Å². The molecule has 1 unspecified atom stereocenters. The number of ketones is 1. The maximum Gasteiger partial charge on any atom is 0.274 e. The highest BCUT2D eigenvalue weighted by Crippen LogP contribution is 2.28. The molecule has 0 bridgehead atoms. The van der Waals surface area contributed by atoms with E-state index in [0.717, 1.165) is 74.8 Å². The van der Waals surface area contributed by atoms with E-state index in [9.17, 15) is 9.59 Å². The summed E-state index contributed by atoms with van der Waals surface area (Å²) in [7, 11) is 0. The summed E-state index contributed by atoms with van der Waals surface area (Å²) in [4.78, 5) is 26.3. The summed E-state index contributed by atoms with van der Waals surface area (Å²) in [6.45, 7) is 7.85. The quantitative estimate of drug-likeness (QED) is 0.306. The molecule has 1 aliphatic carbocycles. The molecule has 1 aliphatic heterocycles. The maximum absolute atomic E-state index is 13.0. The van der Waals surface area contributed by atoms with Gasteiger partial charge >= 0.3 is 0 Å². The van der Waals surface area contributed by atoms with E-state index in [1.165, 1.54) is 12.8 Å². The molecule has 4 rings (SSSR count). The van der Waals surface area contributed by atoms with Gasteiger partial charge in [0.05, 0.1) is 37.0 Å². The Hall–Kier alpha value is -2.42. The standard InChI is InChI=1S/C18H27N3O4.C14H21ClO/c1-13(23)12-21-16-5-3-2-4-15(16)17(19-21)18(24)20-8-6-14(7-9-20)25-11-10-22;1-3-5-9-12(8-4-2)16-14-11-7-6-10-13(14)15/h14,22H,2-12H2,1H3;6-7,10-12H,3-5,8-9H2,1-2H3. The highest BCUT2D eigenvalue weighted by molar-refractivity contribution is 6.32. The second-order valence-corrected chi connectivity index (χ2v) is 11.4. The van der Waals surface area contributed by atoms with E-state index in [1.54, 1.807) is 11.6 Å². The Morgan fingerprint density at radius 1 is 1.10 bits per heavy atom. The number of aliphatic hydroxyl groups is 1. The number of Topliss-reactive ketones (excluding diaryl/α,β-unsaturated/α-hetero) is 1. The van der Waals surface area contributed by atoms with Gasteiger partial charge in [0.2, 0.25) is 0 Å². The first-order valence-electron chi connectivity index (χ1n) is 15.4. The average Bonchev–Trinajstić information content (AvgIpc) is 3.34. The van der Waals surface area contributed by atoms with Crippen LogP contribution < -0.4 is 4.74 Å². The number of aromatic nitrogens is 2. The number of carbonyl (C=O) groups is 2. The van der Waals surface area contributed by atoms with E-state index in [-0.39, 0.29) is 30.9 Å². The molecule has 0 spiro atoms. The largest absolute Gasteiger partial charge is 0.489 e. The van der Waals surface area contributed by atoms with Gasteiger partial charge in [-0.15, -0.1) is 0 Å². The van der Waals surface area contributed by atoms with Crippen LogP contribution in [0.5, 0.6) is 5.75 Å². The highest BCUT2D eigenvalue weighted by atomic mass is 35.5. The van der Waals surface area contributed by atoms with Gasteiger partial charge in [-0.3, -0.25) is 14.3 Å². The Labute approximate surface area is 250 Å². The first kappa shape index (κ1) is 33.1. The second-order valence-electron chi connectivity index (χ2n) is 11.0. The van der Waals surface area contributed by atoms with Gasteiger partial charge in [0.15, 0.2) is 11.5 Å². The molecule has 1 N–H and O–H groups in total. The first-order chi connectivity index (χ1) is 19.9. The number of halogens is 1. The third-order valence-corrected chi connectivity index (χ3v) is 7.94. The fraction of sp³-hybridized carbons (Fsp3) is 0.656. The van der Waals surface area contributed by atoms with Gasteiger partial charge in [-0.1, -0.05) is 56.8 Å². The van der Waals surface area contributed by atoms with Crippen LogP contribution in [0.1, 0.15) is 100 Å². The number of hydrogen-bond acceptors (Lipinski definition) is 6. The molecule has 9 heteroatoms. The van der Waals surface area contributed by atoms with E-state index in [4.69, 9.17) is 26.2 Å². The van der Waals surface area contributed by atoms with Crippen molar-refractivity contribution in [3.05, 3.63) is 46.2 Å². The van der Waals surface area contributed by atoms with Crippen molar-refractivity contribution < 1.29 is 24.2 Å². The number of para-hydroxylation sites is 1. The SMILES string of the molecule is CC(=O)Cn1nc(C(=O)N2CCC(OCCO)CC2)c2c1CCCC2.CCCCC(CCC)Oc1ccccc1Cl. The Balaban J connectivity index is 0.000000250. The molecule has 1 fully saturated rings. The molecule has 1 aromatic heterocycles. The van der Waals surface area contributed by atoms with Crippen LogP contribution in [0, 0.1) is 0 Å². The third-order valence-electron chi connectivity index (χ3n) is 7.63. The van der Waals surface area contributed by atoms with Crippen LogP contribution in [0.2, 0.25) is 5.02 Å². The van der Waals surface area contributed by atoms with Crippen LogP contribution >= 0.6 is 11.6 Å². The van der Waals surface area contributed by atoms with Crippen LogP contribution in [0.25, 0.3) is 0 Å². The highest BCUT2D eigenvalue weighted by Gasteiger charge is 2.30. The molecule has 1 atom stereocenters. The lowest BCUT2D eigenvalue weighted by molar-refractivity contribution is -0.117. The number of fused-ring (bicyclic) bond motifs is 1. The Bertz CT molecular complexity index is 1100. The Morgan fingerprint density at radius 2 is 1.83 bits per heavy atom. The monoisotopic (exact) mass is 589 g/mol. The molecule has 2 aliphatic rings. The summed E-state index contributed by atoms with van der Waals surface area (Å²) in [6, 6.07) is 7.71. The molecular weight excluding hydrogens is 542 g/mol. The zero-order valence-electron chi connectivity index (χ0n) is 25.1. The maximum atomic E-state index is 13.0. The number of hydrogen-bond donors (Lipinski definition) is 1. The van der Waals surface area contributed by atoms with Gasteiger partial charge < -0.3 is 19.5 Å². The minimum Gasteiger partial charge on any atom is -0.489 e. The average molecular weight is 590 g/mol. The molecule has 2 heterocycles. The molecule has 0 saturated carbocycles. The molecule has 1 saturated heterocycles. The lowest BCUT2D eigenvalue weighted by Gasteiger charge is -2.31. The summed E-state index contributed by atoms with van der Waals surface area (Å²) in [5.41, 5.74) is 2.63. The number of ether oxygens (including phenoxy) is 2. The lowest BCUT2D eigenvalue weighted by Crippen LogP contribution is -2.41. The predicted molar refractivity (Wildman–Crippen MR) is 162 cm³/mol. The number of rotatable bonds is 13. The van der Waals surface area contributed by atoms with Gasteiger partial charge in [-0.25, -0.2) is 0 Å². The minimum absolute atomic E-state index is 0.0267. The summed E-state index contributed by atoms with van der Waals surface area (Å²) in [5.74, 6) is 0.844. The van der Waals surface area contributed by atoms with Crippen molar-refractivity contribution in [2.45, 2.75) is 110 Å². The molecule has 228 valence electrons. The third kappa shape index (κ3) is 10.1. The summed E-state index contributed by atoms with van der Waals surface area (Å²) in [5, 5.41) is 14.1. The molecule has 8 nitrogen and oxygen atoms in total. The van der Waals surface area contributed by atoms with Gasteiger partial charge in [-0.05, 0) is 70.4 Å². The number of benzene rings is 1. The number of nitrogens with zero attached hydrogens (tertiary/aromatic N) is 3. The molecular formula is C32H48ClN3O5. The van der Waals surface area contributed by atoms with Crippen LogP contribution in [0.4, 0.5) is 0 Å². The Morgan fingerprint density at radius 3 is 2.49 bits per heavy atom. The predicted octanol–water partition coefficient (Wildman–Crippen LogP) is 6.04. The normalized spacial score (nSPS) is 16.0. The van der Waals surface area contributed by atoms with Gasteiger partial charge in [0.25, 0.3) is 5.91 Å². The lowest BCUT2D eigenvalue weighted by atomic mass is 9.95. The van der Waals surface area contributed by atoms with E-state index in [0.29, 0.717) is 36.5 Å². The van der Waals surface area contributed by atoms with Crippen LogP contribution in [-0.2, 0) is 28.9 Å². The van der Waals surface area contributed by atoms with Gasteiger partial charge in [0.1, 0.15) is 5.75 Å². The molecule has 41 heavy (non-hydrogen) atoms. The van der Waals surface area contributed by atoms with Crippen molar-refractivity contribution in [3.63, 3.8) is 0 Å². The number of carbonyl (C=O) groups excluding carboxylic acids is 2. The number of amides is 1. The van der Waals surface area contributed by atoms with Gasteiger partial charge in [0, 0.05) is 24.3 Å². The molecule has 1 aromatic carbocycles. The fourth-order valence-corrected chi connectivity index (χ4v) is 5.70. The zero-order valence-corrected chi connectivity index (χ0v) is 25.8.